The summed E-state index contributed by atoms with van der Waals surface area (Å²) in [5.41, 5.74) is 0.118. The van der Waals surface area contributed by atoms with Crippen molar-refractivity contribution >= 4 is 11.6 Å². The molecule has 0 atom stereocenters. The molecule has 1 N–H and O–H groups in total. The zero-order chi connectivity index (χ0) is 15.4. The van der Waals surface area contributed by atoms with Crippen LogP contribution in [0.25, 0.3) is 0 Å². The molecule has 1 saturated carbocycles. The highest BCUT2D eigenvalue weighted by molar-refractivity contribution is 5.97. The average molecular weight is 292 g/mol. The van der Waals surface area contributed by atoms with Gasteiger partial charge in [0.05, 0.1) is 16.6 Å². The second-order valence-corrected chi connectivity index (χ2v) is 5.56. The molecule has 2 rings (SSSR count). The number of carbonyl (C=O) groups excluding carboxylic acids is 1. The minimum Gasteiger partial charge on any atom is -0.490 e. The summed E-state index contributed by atoms with van der Waals surface area (Å²) in [6.07, 6.45) is 4.02. The van der Waals surface area contributed by atoms with E-state index in [1.165, 1.54) is 18.2 Å². The van der Waals surface area contributed by atoms with Crippen LogP contribution in [0.15, 0.2) is 18.2 Å². The molecule has 0 unspecified atom stereocenters. The number of ether oxygens (including phenoxy) is 1. The lowest BCUT2D eigenvalue weighted by atomic mass is 10.1. The molecule has 1 aromatic carbocycles. The van der Waals surface area contributed by atoms with Crippen molar-refractivity contribution in [3.63, 3.8) is 0 Å². The number of non-ortho nitro benzene ring substituents is 1. The summed E-state index contributed by atoms with van der Waals surface area (Å²) in [6, 6.07) is 4.27. The number of nitro benzene ring substituents is 1. The van der Waals surface area contributed by atoms with E-state index < -0.39 is 4.92 Å². The van der Waals surface area contributed by atoms with Crippen molar-refractivity contribution in [3.8, 4) is 5.75 Å². The summed E-state index contributed by atoms with van der Waals surface area (Å²) in [5.74, 6) is 0.0762. The van der Waals surface area contributed by atoms with E-state index in [0.717, 1.165) is 25.7 Å². The van der Waals surface area contributed by atoms with Crippen LogP contribution in [0.3, 0.4) is 0 Å². The summed E-state index contributed by atoms with van der Waals surface area (Å²) in [6.45, 7) is 3.69. The Hall–Kier alpha value is -2.11. The topological polar surface area (TPSA) is 81.5 Å². The van der Waals surface area contributed by atoms with Crippen LogP contribution >= 0.6 is 0 Å². The van der Waals surface area contributed by atoms with Gasteiger partial charge in [-0.3, -0.25) is 14.9 Å². The minimum absolute atomic E-state index is 0.107. The molecule has 0 spiro atoms. The van der Waals surface area contributed by atoms with E-state index in [9.17, 15) is 14.9 Å². The van der Waals surface area contributed by atoms with Gasteiger partial charge in [-0.25, -0.2) is 0 Å². The van der Waals surface area contributed by atoms with Gasteiger partial charge in [0, 0.05) is 18.2 Å². The molecule has 0 aromatic heterocycles. The van der Waals surface area contributed by atoms with Crippen molar-refractivity contribution in [2.24, 2.45) is 0 Å². The molecule has 1 fully saturated rings. The number of rotatable bonds is 5. The van der Waals surface area contributed by atoms with Gasteiger partial charge in [-0.15, -0.1) is 0 Å². The van der Waals surface area contributed by atoms with Gasteiger partial charge < -0.3 is 10.1 Å². The second-order valence-electron chi connectivity index (χ2n) is 5.56. The van der Waals surface area contributed by atoms with Crippen molar-refractivity contribution in [1.29, 1.82) is 0 Å². The largest absolute Gasteiger partial charge is 0.490 e. The van der Waals surface area contributed by atoms with Crippen molar-refractivity contribution in [2.45, 2.75) is 51.7 Å². The standard InChI is InChI=1S/C15H20N2O4/c1-10(2)21-14-8-7-12(17(19)20)9-13(14)15(18)16-11-5-3-4-6-11/h7-11H,3-6H2,1-2H3,(H,16,18). The molecular formula is C15H20N2O4. The van der Waals surface area contributed by atoms with Gasteiger partial charge in [0.2, 0.25) is 0 Å². The molecule has 1 aliphatic rings. The van der Waals surface area contributed by atoms with E-state index in [1.807, 2.05) is 13.8 Å². The molecule has 6 heteroatoms. The van der Waals surface area contributed by atoms with Crippen molar-refractivity contribution in [1.82, 2.24) is 5.32 Å². The number of benzene rings is 1. The van der Waals surface area contributed by atoms with Crippen molar-refractivity contribution in [3.05, 3.63) is 33.9 Å². The predicted molar refractivity (Wildman–Crippen MR) is 78.6 cm³/mol. The molecule has 0 heterocycles. The predicted octanol–water partition coefficient (Wildman–Crippen LogP) is 3.05. The lowest BCUT2D eigenvalue weighted by Gasteiger charge is -2.16. The van der Waals surface area contributed by atoms with Crippen LogP contribution in [0.2, 0.25) is 0 Å². The Morgan fingerprint density at radius 3 is 2.62 bits per heavy atom. The van der Waals surface area contributed by atoms with Crippen LogP contribution in [-0.4, -0.2) is 23.0 Å². The third kappa shape index (κ3) is 3.93. The second kappa shape index (κ2) is 6.56. The molecular weight excluding hydrogens is 272 g/mol. The zero-order valence-electron chi connectivity index (χ0n) is 12.3. The highest BCUT2D eigenvalue weighted by Crippen LogP contribution is 2.26. The minimum atomic E-state index is -0.508. The SMILES string of the molecule is CC(C)Oc1ccc([N+](=O)[O-])cc1C(=O)NC1CCCC1. The fourth-order valence-electron chi connectivity index (χ4n) is 2.50. The molecule has 114 valence electrons. The van der Waals surface area contributed by atoms with E-state index in [-0.39, 0.29) is 29.3 Å². The Labute approximate surface area is 123 Å². The van der Waals surface area contributed by atoms with Crippen LogP contribution in [0, 0.1) is 10.1 Å². The number of nitrogens with zero attached hydrogens (tertiary/aromatic N) is 1. The molecule has 6 nitrogen and oxygen atoms in total. The first-order chi connectivity index (χ1) is 9.97. The highest BCUT2D eigenvalue weighted by atomic mass is 16.6. The molecule has 0 saturated heterocycles. The van der Waals surface area contributed by atoms with Gasteiger partial charge in [0.1, 0.15) is 5.75 Å². The van der Waals surface area contributed by atoms with Crippen molar-refractivity contribution < 1.29 is 14.5 Å². The first-order valence-electron chi connectivity index (χ1n) is 7.23. The van der Waals surface area contributed by atoms with Crippen LogP contribution in [-0.2, 0) is 0 Å². The average Bonchev–Trinajstić information content (AvgIpc) is 2.91. The number of hydrogen-bond acceptors (Lipinski definition) is 4. The van der Waals surface area contributed by atoms with Crippen LogP contribution < -0.4 is 10.1 Å². The zero-order valence-corrected chi connectivity index (χ0v) is 12.3. The van der Waals surface area contributed by atoms with E-state index in [0.29, 0.717) is 5.75 Å². The number of amides is 1. The smallest absolute Gasteiger partial charge is 0.270 e. The lowest BCUT2D eigenvalue weighted by Crippen LogP contribution is -2.33. The Kier molecular flexibility index (Phi) is 4.77. The van der Waals surface area contributed by atoms with Gasteiger partial charge in [-0.1, -0.05) is 12.8 Å². The maximum absolute atomic E-state index is 12.4. The highest BCUT2D eigenvalue weighted by Gasteiger charge is 2.22. The number of hydrogen-bond donors (Lipinski definition) is 1. The monoisotopic (exact) mass is 292 g/mol. The third-order valence-corrected chi connectivity index (χ3v) is 3.47. The summed E-state index contributed by atoms with van der Waals surface area (Å²) in [7, 11) is 0. The number of carbonyl (C=O) groups is 1. The van der Waals surface area contributed by atoms with Crippen molar-refractivity contribution in [2.75, 3.05) is 0 Å². The van der Waals surface area contributed by atoms with Gasteiger partial charge in [-0.05, 0) is 32.8 Å². The molecule has 0 aliphatic heterocycles. The summed E-state index contributed by atoms with van der Waals surface area (Å²) in [4.78, 5) is 22.7. The van der Waals surface area contributed by atoms with E-state index in [2.05, 4.69) is 5.32 Å². The lowest BCUT2D eigenvalue weighted by molar-refractivity contribution is -0.384. The Morgan fingerprint density at radius 2 is 2.05 bits per heavy atom. The first kappa shape index (κ1) is 15.3. The van der Waals surface area contributed by atoms with Gasteiger partial charge in [0.15, 0.2) is 0 Å². The third-order valence-electron chi connectivity index (χ3n) is 3.47. The van der Waals surface area contributed by atoms with Gasteiger partial charge in [-0.2, -0.15) is 0 Å². The maximum atomic E-state index is 12.4. The van der Waals surface area contributed by atoms with Crippen LogP contribution in [0.4, 0.5) is 5.69 Å². The van der Waals surface area contributed by atoms with Gasteiger partial charge >= 0.3 is 0 Å². The Bertz CT molecular complexity index is 536. The van der Waals surface area contributed by atoms with Crippen LogP contribution in [0.5, 0.6) is 5.75 Å². The molecule has 0 radical (unpaired) electrons. The summed E-state index contributed by atoms with van der Waals surface area (Å²) >= 11 is 0. The first-order valence-corrected chi connectivity index (χ1v) is 7.23. The molecule has 1 aromatic rings. The normalized spacial score (nSPS) is 15.2. The summed E-state index contributed by atoms with van der Waals surface area (Å²) in [5, 5.41) is 13.8. The fraction of sp³-hybridized carbons (Fsp3) is 0.533. The van der Waals surface area contributed by atoms with Gasteiger partial charge in [0.25, 0.3) is 11.6 Å². The number of nitrogens with one attached hydrogen (secondary N) is 1. The van der Waals surface area contributed by atoms with E-state index in [4.69, 9.17) is 4.74 Å². The van der Waals surface area contributed by atoms with E-state index in [1.54, 1.807) is 0 Å². The Morgan fingerprint density at radius 1 is 1.38 bits per heavy atom. The molecule has 21 heavy (non-hydrogen) atoms. The molecule has 1 amide bonds. The molecule has 0 bridgehead atoms. The molecule has 1 aliphatic carbocycles. The fourth-order valence-corrected chi connectivity index (χ4v) is 2.50. The quantitative estimate of drug-likeness (QED) is 0.668. The van der Waals surface area contributed by atoms with Crippen LogP contribution in [0.1, 0.15) is 49.9 Å². The Balaban J connectivity index is 2.25. The maximum Gasteiger partial charge on any atom is 0.270 e. The summed E-state index contributed by atoms with van der Waals surface area (Å²) < 4.78 is 5.58. The van der Waals surface area contributed by atoms with E-state index >= 15 is 0 Å². The number of nitro groups is 1.